The van der Waals surface area contributed by atoms with Crippen molar-refractivity contribution in [2.24, 2.45) is 0 Å². The Morgan fingerprint density at radius 3 is 2.17 bits per heavy atom. The molecule has 0 radical (unpaired) electrons. The van der Waals surface area contributed by atoms with Gasteiger partial charge in [0.25, 0.3) is 11.8 Å². The van der Waals surface area contributed by atoms with Crippen LogP contribution in [0.15, 0.2) is 24.3 Å². The maximum Gasteiger partial charge on any atom is 0.262 e. The van der Waals surface area contributed by atoms with Gasteiger partial charge in [-0.1, -0.05) is 12.1 Å². The first-order valence-corrected chi connectivity index (χ1v) is 7.26. The monoisotopic (exact) mass is 320 g/mol. The van der Waals surface area contributed by atoms with Crippen LogP contribution in [0.3, 0.4) is 0 Å². The molecule has 1 heterocycles. The molecule has 2 N–H and O–H groups in total. The van der Waals surface area contributed by atoms with Crippen molar-refractivity contribution in [2.45, 2.75) is 38.7 Å². The standard InChI is InChI=1S/C16H20N2O5/c1-16(2,3)23-15(22)12(8-17-9-19)18-13(20)10-6-4-5-7-11(10)14(18)21/h4-7,9,12,15,22H,8H2,1-3H3,(H,17,19). The third-order valence-electron chi connectivity index (χ3n) is 3.37. The van der Waals surface area contributed by atoms with E-state index in [0.29, 0.717) is 6.41 Å². The largest absolute Gasteiger partial charge is 0.366 e. The first-order valence-electron chi connectivity index (χ1n) is 7.26. The molecular weight excluding hydrogens is 300 g/mol. The molecule has 1 aliphatic rings. The Hall–Kier alpha value is -2.25. The molecule has 0 fully saturated rings. The number of amides is 3. The third kappa shape index (κ3) is 3.57. The summed E-state index contributed by atoms with van der Waals surface area (Å²) in [5, 5.41) is 12.7. The Morgan fingerprint density at radius 2 is 1.74 bits per heavy atom. The fourth-order valence-electron chi connectivity index (χ4n) is 2.44. The molecule has 1 aromatic rings. The molecular formula is C16H20N2O5. The topological polar surface area (TPSA) is 95.9 Å². The summed E-state index contributed by atoms with van der Waals surface area (Å²) in [4.78, 5) is 36.5. The average molecular weight is 320 g/mol. The van der Waals surface area contributed by atoms with Crippen LogP contribution in [0.4, 0.5) is 0 Å². The zero-order valence-electron chi connectivity index (χ0n) is 13.3. The van der Waals surface area contributed by atoms with Crippen molar-refractivity contribution in [2.75, 3.05) is 6.54 Å². The van der Waals surface area contributed by atoms with Gasteiger partial charge in [-0.2, -0.15) is 0 Å². The Kier molecular flexibility index (Phi) is 4.82. The molecule has 0 saturated carbocycles. The number of aliphatic hydroxyl groups is 1. The van der Waals surface area contributed by atoms with E-state index in [2.05, 4.69) is 5.32 Å². The number of hydrogen-bond donors (Lipinski definition) is 2. The molecule has 0 aliphatic carbocycles. The highest BCUT2D eigenvalue weighted by Crippen LogP contribution is 2.26. The Morgan fingerprint density at radius 1 is 1.22 bits per heavy atom. The van der Waals surface area contributed by atoms with E-state index in [1.165, 1.54) is 0 Å². The molecule has 1 aliphatic heterocycles. The lowest BCUT2D eigenvalue weighted by Crippen LogP contribution is -2.54. The van der Waals surface area contributed by atoms with Crippen LogP contribution in [0.2, 0.25) is 0 Å². The number of rotatable bonds is 6. The number of hydrogen-bond acceptors (Lipinski definition) is 5. The molecule has 0 bridgehead atoms. The summed E-state index contributed by atoms with van der Waals surface area (Å²) < 4.78 is 5.46. The van der Waals surface area contributed by atoms with Crippen molar-refractivity contribution in [3.8, 4) is 0 Å². The second-order valence-electron chi connectivity index (χ2n) is 6.24. The number of carbonyl (C=O) groups is 3. The van der Waals surface area contributed by atoms with Crippen LogP contribution >= 0.6 is 0 Å². The highest BCUT2D eigenvalue weighted by atomic mass is 16.6. The number of aliphatic hydroxyl groups excluding tert-OH is 1. The number of carbonyl (C=O) groups excluding carboxylic acids is 3. The average Bonchev–Trinajstić information content (AvgIpc) is 2.71. The van der Waals surface area contributed by atoms with E-state index in [4.69, 9.17) is 4.74 Å². The van der Waals surface area contributed by atoms with E-state index < -0.39 is 29.7 Å². The van der Waals surface area contributed by atoms with Gasteiger partial charge >= 0.3 is 0 Å². The summed E-state index contributed by atoms with van der Waals surface area (Å²) in [6, 6.07) is 5.41. The maximum absolute atomic E-state index is 12.5. The minimum Gasteiger partial charge on any atom is -0.366 e. The van der Waals surface area contributed by atoms with Crippen LogP contribution in [0.1, 0.15) is 41.5 Å². The van der Waals surface area contributed by atoms with Gasteiger partial charge < -0.3 is 15.2 Å². The van der Waals surface area contributed by atoms with Crippen molar-refractivity contribution < 1.29 is 24.2 Å². The van der Waals surface area contributed by atoms with Crippen molar-refractivity contribution in [1.29, 1.82) is 0 Å². The number of nitrogens with zero attached hydrogens (tertiary/aromatic N) is 1. The van der Waals surface area contributed by atoms with Gasteiger partial charge in [0.1, 0.15) is 6.04 Å². The number of imide groups is 1. The lowest BCUT2D eigenvalue weighted by Gasteiger charge is -2.33. The smallest absolute Gasteiger partial charge is 0.262 e. The van der Waals surface area contributed by atoms with Crippen LogP contribution in [0, 0.1) is 0 Å². The first kappa shape index (κ1) is 17.1. The van der Waals surface area contributed by atoms with Crippen LogP contribution < -0.4 is 5.32 Å². The zero-order valence-corrected chi connectivity index (χ0v) is 13.3. The predicted molar refractivity (Wildman–Crippen MR) is 81.6 cm³/mol. The fraction of sp³-hybridized carbons (Fsp3) is 0.438. The highest BCUT2D eigenvalue weighted by molar-refractivity contribution is 6.21. The second kappa shape index (κ2) is 6.47. The van der Waals surface area contributed by atoms with Crippen LogP contribution in [0.25, 0.3) is 0 Å². The van der Waals surface area contributed by atoms with Crippen molar-refractivity contribution in [3.63, 3.8) is 0 Å². The highest BCUT2D eigenvalue weighted by Gasteiger charge is 2.43. The van der Waals surface area contributed by atoms with Gasteiger partial charge in [0.05, 0.1) is 16.7 Å². The molecule has 1 aromatic carbocycles. The normalized spacial score (nSPS) is 17.0. The van der Waals surface area contributed by atoms with Gasteiger partial charge in [-0.3, -0.25) is 19.3 Å². The molecule has 2 rings (SSSR count). The predicted octanol–water partition coefficient (Wildman–Crippen LogP) is 0.531. The van der Waals surface area contributed by atoms with Crippen LogP contribution in [-0.2, 0) is 9.53 Å². The molecule has 3 amide bonds. The molecule has 0 saturated heterocycles. The molecule has 0 spiro atoms. The SMILES string of the molecule is CC(C)(C)OC(O)C(CNC=O)N1C(=O)c2ccccc2C1=O. The van der Waals surface area contributed by atoms with Gasteiger partial charge in [0, 0.05) is 6.54 Å². The van der Waals surface area contributed by atoms with Gasteiger partial charge in [-0.05, 0) is 32.9 Å². The van der Waals surface area contributed by atoms with E-state index in [1.807, 2.05) is 0 Å². The summed E-state index contributed by atoms with van der Waals surface area (Å²) >= 11 is 0. The Bertz CT molecular complexity index is 588. The van der Waals surface area contributed by atoms with E-state index in [0.717, 1.165) is 4.90 Å². The summed E-state index contributed by atoms with van der Waals surface area (Å²) in [5.74, 6) is -1.03. The van der Waals surface area contributed by atoms with E-state index >= 15 is 0 Å². The molecule has 7 heteroatoms. The van der Waals surface area contributed by atoms with E-state index in [1.54, 1.807) is 45.0 Å². The quantitative estimate of drug-likeness (QED) is 0.453. The van der Waals surface area contributed by atoms with Crippen molar-refractivity contribution in [1.82, 2.24) is 10.2 Å². The maximum atomic E-state index is 12.5. The minimum atomic E-state index is -1.43. The Balaban J connectivity index is 2.31. The zero-order chi connectivity index (χ0) is 17.2. The lowest BCUT2D eigenvalue weighted by molar-refractivity contribution is -0.188. The number of nitrogens with one attached hydrogen (secondary N) is 1. The number of ether oxygens (including phenoxy) is 1. The summed E-state index contributed by atoms with van der Waals surface area (Å²) in [7, 11) is 0. The number of fused-ring (bicyclic) bond motifs is 1. The summed E-state index contributed by atoms with van der Waals surface area (Å²) in [6.45, 7) is 5.11. The third-order valence-corrected chi connectivity index (χ3v) is 3.37. The van der Waals surface area contributed by atoms with E-state index in [-0.39, 0.29) is 17.7 Å². The summed E-state index contributed by atoms with van der Waals surface area (Å²) in [6.07, 6.45) is -0.987. The molecule has 2 unspecified atom stereocenters. The lowest BCUT2D eigenvalue weighted by atomic mass is 10.1. The van der Waals surface area contributed by atoms with Gasteiger partial charge in [0.15, 0.2) is 6.29 Å². The van der Waals surface area contributed by atoms with Crippen LogP contribution in [0.5, 0.6) is 0 Å². The van der Waals surface area contributed by atoms with E-state index in [9.17, 15) is 19.5 Å². The number of benzene rings is 1. The molecule has 7 nitrogen and oxygen atoms in total. The van der Waals surface area contributed by atoms with Crippen LogP contribution in [-0.4, -0.2) is 52.7 Å². The molecule has 23 heavy (non-hydrogen) atoms. The molecule has 0 aromatic heterocycles. The first-order chi connectivity index (χ1) is 10.8. The Labute approximate surface area is 134 Å². The van der Waals surface area contributed by atoms with Gasteiger partial charge in [0.2, 0.25) is 6.41 Å². The van der Waals surface area contributed by atoms with Gasteiger partial charge in [-0.15, -0.1) is 0 Å². The second-order valence-corrected chi connectivity index (χ2v) is 6.24. The fourth-order valence-corrected chi connectivity index (χ4v) is 2.44. The van der Waals surface area contributed by atoms with Crippen molar-refractivity contribution >= 4 is 18.2 Å². The minimum absolute atomic E-state index is 0.105. The molecule has 2 atom stereocenters. The van der Waals surface area contributed by atoms with Crippen molar-refractivity contribution in [3.05, 3.63) is 35.4 Å². The summed E-state index contributed by atoms with van der Waals surface area (Å²) in [5.41, 5.74) is -0.134. The molecule has 124 valence electrons. The van der Waals surface area contributed by atoms with Gasteiger partial charge in [-0.25, -0.2) is 0 Å².